The summed E-state index contributed by atoms with van der Waals surface area (Å²) in [5, 5.41) is 14.3. The molecule has 1 aromatic carbocycles. The van der Waals surface area contributed by atoms with Crippen molar-refractivity contribution >= 4 is 21.4 Å². The maximum Gasteiger partial charge on any atom is 0.431 e. The van der Waals surface area contributed by atoms with Crippen molar-refractivity contribution < 1.29 is 13.2 Å². The summed E-state index contributed by atoms with van der Waals surface area (Å²) in [6, 6.07) is 2.75. The fourth-order valence-corrected chi connectivity index (χ4v) is 2.54. The monoisotopic (exact) mass is 285 g/mol. The summed E-state index contributed by atoms with van der Waals surface area (Å²) >= 11 is 0. The lowest BCUT2D eigenvalue weighted by Crippen LogP contribution is -2.23. The second-order valence-corrected chi connectivity index (χ2v) is 5.31. The molecule has 7 nitrogen and oxygen atoms in total. The molecule has 0 spiro atoms. The van der Waals surface area contributed by atoms with E-state index in [0.717, 1.165) is 0 Å². The Labute approximate surface area is 112 Å². The average molecular weight is 285 g/mol. The fraction of sp³-hybridized carbons (Fsp3) is 0.455. The van der Waals surface area contributed by atoms with Crippen molar-refractivity contribution in [2.45, 2.75) is 18.7 Å². The van der Waals surface area contributed by atoms with Crippen LogP contribution in [0.2, 0.25) is 0 Å². The summed E-state index contributed by atoms with van der Waals surface area (Å²) < 4.78 is 28.2. The van der Waals surface area contributed by atoms with Crippen LogP contribution in [-0.4, -0.2) is 28.6 Å². The van der Waals surface area contributed by atoms with E-state index in [1.54, 1.807) is 0 Å². The summed E-state index contributed by atoms with van der Waals surface area (Å²) in [6.45, 7) is 4.99. The summed E-state index contributed by atoms with van der Waals surface area (Å²) in [7, 11) is -2.52. The molecule has 0 unspecified atom stereocenters. The van der Waals surface area contributed by atoms with Crippen molar-refractivity contribution in [1.29, 1.82) is 5.39 Å². The van der Waals surface area contributed by atoms with Crippen molar-refractivity contribution in [2.75, 3.05) is 25.1 Å². The second kappa shape index (κ2) is 5.86. The number of nitrogens with zero attached hydrogens (tertiary/aromatic N) is 3. The van der Waals surface area contributed by atoms with Crippen molar-refractivity contribution in [3.63, 3.8) is 0 Å². The van der Waals surface area contributed by atoms with Gasteiger partial charge in [0.05, 0.1) is 7.11 Å². The number of diazo groups is 1. The predicted molar refractivity (Wildman–Crippen MR) is 72.7 cm³/mol. The number of nitrogens with two attached hydrogens (primary N) is 1. The topological polar surface area (TPSA) is 101 Å². The molecule has 19 heavy (non-hydrogen) atoms. The lowest BCUT2D eigenvalue weighted by Gasteiger charge is -2.21. The van der Waals surface area contributed by atoms with Gasteiger partial charge in [-0.3, -0.25) is 0 Å². The standard InChI is InChI=1S/C11H17N4O3S/c1-4-15(5-2)11-8(18-3)6-7-9(10(11)14-12)19(13,16)17/h6-7H,4-5H2,1-3H3,(H2,13,16,17)/q+1. The number of hydrogen-bond donors (Lipinski definition) is 1. The van der Waals surface area contributed by atoms with Crippen molar-refractivity contribution in [2.24, 2.45) is 5.14 Å². The Kier molecular flexibility index (Phi) is 4.69. The van der Waals surface area contributed by atoms with Crippen LogP contribution in [0.1, 0.15) is 13.8 Å². The van der Waals surface area contributed by atoms with Crippen LogP contribution in [-0.2, 0) is 10.0 Å². The minimum absolute atomic E-state index is 0.106. The highest BCUT2D eigenvalue weighted by atomic mass is 32.2. The minimum Gasteiger partial charge on any atom is -0.494 e. The van der Waals surface area contributed by atoms with Crippen LogP contribution in [0.25, 0.3) is 4.98 Å². The summed E-state index contributed by atoms with van der Waals surface area (Å²) in [6.07, 6.45) is 0. The maximum atomic E-state index is 11.5. The van der Waals surface area contributed by atoms with Gasteiger partial charge in [0, 0.05) is 13.1 Å². The van der Waals surface area contributed by atoms with Gasteiger partial charge in [0.1, 0.15) is 0 Å². The van der Waals surface area contributed by atoms with E-state index in [-0.39, 0.29) is 10.6 Å². The Morgan fingerprint density at radius 1 is 1.37 bits per heavy atom. The van der Waals surface area contributed by atoms with Gasteiger partial charge in [0.25, 0.3) is 0 Å². The smallest absolute Gasteiger partial charge is 0.431 e. The number of ether oxygens (including phenoxy) is 1. The van der Waals surface area contributed by atoms with Crippen LogP contribution in [0.3, 0.4) is 0 Å². The lowest BCUT2D eigenvalue weighted by molar-refractivity contribution is 0.414. The first-order chi connectivity index (χ1) is 8.90. The lowest BCUT2D eigenvalue weighted by atomic mass is 10.2. The Hall–Kier alpha value is -1.85. The van der Waals surface area contributed by atoms with Crippen LogP contribution in [0, 0.1) is 5.39 Å². The number of primary sulfonamides is 1. The molecule has 0 saturated heterocycles. The molecule has 0 radical (unpaired) electrons. The number of hydrogen-bond acceptors (Lipinski definition) is 5. The number of methoxy groups -OCH3 is 1. The van der Waals surface area contributed by atoms with E-state index in [1.165, 1.54) is 19.2 Å². The molecule has 0 heterocycles. The summed E-state index contributed by atoms with van der Waals surface area (Å²) in [5.74, 6) is 0.420. The first-order valence-corrected chi connectivity index (χ1v) is 7.29. The zero-order valence-electron chi connectivity index (χ0n) is 11.1. The Morgan fingerprint density at radius 2 is 1.95 bits per heavy atom. The van der Waals surface area contributed by atoms with E-state index in [9.17, 15) is 8.42 Å². The first-order valence-electron chi connectivity index (χ1n) is 5.74. The number of benzene rings is 1. The van der Waals surface area contributed by atoms with Gasteiger partial charge in [0.2, 0.25) is 15.4 Å². The van der Waals surface area contributed by atoms with Gasteiger partial charge < -0.3 is 9.64 Å². The highest BCUT2D eigenvalue weighted by Gasteiger charge is 2.32. The van der Waals surface area contributed by atoms with E-state index >= 15 is 0 Å². The largest absolute Gasteiger partial charge is 0.494 e. The van der Waals surface area contributed by atoms with Crippen LogP contribution in [0.5, 0.6) is 5.75 Å². The van der Waals surface area contributed by atoms with E-state index < -0.39 is 10.0 Å². The molecular formula is C11H17N4O3S+. The van der Waals surface area contributed by atoms with E-state index in [1.807, 2.05) is 18.7 Å². The predicted octanol–water partition coefficient (Wildman–Crippen LogP) is 1.67. The zero-order chi connectivity index (χ0) is 14.6. The molecule has 1 aromatic rings. The molecule has 0 aliphatic rings. The Bertz CT molecular complexity index is 603. The molecule has 0 amide bonds. The number of sulfonamides is 1. The third kappa shape index (κ3) is 2.94. The maximum absolute atomic E-state index is 11.5. The molecule has 0 saturated carbocycles. The highest BCUT2D eigenvalue weighted by Crippen LogP contribution is 2.42. The van der Waals surface area contributed by atoms with Gasteiger partial charge in [-0.2, -0.15) is 0 Å². The number of anilines is 1. The Balaban J connectivity index is 3.71. The molecular weight excluding hydrogens is 268 g/mol. The third-order valence-corrected chi connectivity index (χ3v) is 3.73. The molecule has 104 valence electrons. The van der Waals surface area contributed by atoms with Crippen LogP contribution in [0.15, 0.2) is 17.0 Å². The van der Waals surface area contributed by atoms with E-state index in [4.69, 9.17) is 15.3 Å². The molecule has 0 aliphatic heterocycles. The van der Waals surface area contributed by atoms with Gasteiger partial charge in [0.15, 0.2) is 21.3 Å². The highest BCUT2D eigenvalue weighted by molar-refractivity contribution is 7.89. The van der Waals surface area contributed by atoms with Crippen LogP contribution in [0.4, 0.5) is 11.4 Å². The molecule has 0 bridgehead atoms. The van der Waals surface area contributed by atoms with Gasteiger partial charge in [-0.05, 0) is 26.0 Å². The number of rotatable bonds is 5. The SMILES string of the molecule is CCN(CC)c1c(OC)ccc(S(N)(=O)=O)c1[N+]#N. The van der Waals surface area contributed by atoms with Gasteiger partial charge in [-0.25, -0.2) is 13.6 Å². The summed E-state index contributed by atoms with van der Waals surface area (Å²) in [4.78, 5) is 4.67. The fourth-order valence-electron chi connectivity index (χ4n) is 1.88. The molecule has 8 heteroatoms. The third-order valence-electron chi connectivity index (χ3n) is 2.78. The molecule has 1 rings (SSSR count). The van der Waals surface area contributed by atoms with Gasteiger partial charge >= 0.3 is 5.69 Å². The normalized spacial score (nSPS) is 10.9. The average Bonchev–Trinajstić information content (AvgIpc) is 2.38. The van der Waals surface area contributed by atoms with Crippen molar-refractivity contribution in [1.82, 2.24) is 0 Å². The summed E-state index contributed by atoms with van der Waals surface area (Å²) in [5.41, 5.74) is 0.298. The van der Waals surface area contributed by atoms with E-state index in [0.29, 0.717) is 24.5 Å². The Morgan fingerprint density at radius 3 is 2.32 bits per heavy atom. The minimum atomic E-state index is -3.98. The zero-order valence-corrected chi connectivity index (χ0v) is 11.9. The quantitative estimate of drug-likeness (QED) is 0.829. The van der Waals surface area contributed by atoms with Crippen LogP contribution >= 0.6 is 0 Å². The molecule has 0 aliphatic carbocycles. The molecule has 0 atom stereocenters. The van der Waals surface area contributed by atoms with Crippen molar-refractivity contribution in [3.8, 4) is 5.75 Å². The molecule has 2 N–H and O–H groups in total. The molecule has 0 fully saturated rings. The van der Waals surface area contributed by atoms with Gasteiger partial charge in [-0.15, -0.1) is 0 Å². The van der Waals surface area contributed by atoms with Crippen molar-refractivity contribution in [3.05, 3.63) is 17.1 Å². The second-order valence-electron chi connectivity index (χ2n) is 3.78. The molecule has 0 aromatic heterocycles. The van der Waals surface area contributed by atoms with E-state index in [2.05, 4.69) is 4.98 Å². The van der Waals surface area contributed by atoms with Crippen LogP contribution < -0.4 is 14.8 Å². The first kappa shape index (κ1) is 15.2. The van der Waals surface area contributed by atoms with Gasteiger partial charge in [-0.1, -0.05) is 0 Å².